The van der Waals surface area contributed by atoms with Crippen LogP contribution in [0.15, 0.2) is 24.3 Å². The quantitative estimate of drug-likeness (QED) is 0.714. The summed E-state index contributed by atoms with van der Waals surface area (Å²) in [5, 5.41) is 14.4. The van der Waals surface area contributed by atoms with Crippen LogP contribution in [0.4, 0.5) is 18.0 Å². The molecule has 0 aromatic heterocycles. The number of nitrogens with one attached hydrogen (secondary N) is 2. The van der Waals surface area contributed by atoms with Gasteiger partial charge >= 0.3 is 18.4 Å². The molecule has 0 bridgehead atoms. The highest BCUT2D eigenvalue weighted by Gasteiger charge is 2.31. The number of amides is 2. The summed E-state index contributed by atoms with van der Waals surface area (Å²) in [6, 6.07) is 5.10. The molecular weight excluding hydrogens is 353 g/mol. The molecule has 2 rings (SSSR count). The standard InChI is InChI=1S/C17H21F3N2O4/c18-17(19,20)26-14-7-1-11(2-8-14)9-10-21-16(25)22-13-5-3-12(4-6-13)15(23)24/h1-2,7-8,12-13H,3-6,9-10H2,(H,23,24)(H2,21,22,25). The molecule has 6 nitrogen and oxygen atoms in total. The van der Waals surface area contributed by atoms with E-state index in [1.165, 1.54) is 24.3 Å². The Morgan fingerprint density at radius 1 is 1.12 bits per heavy atom. The molecule has 1 aromatic carbocycles. The van der Waals surface area contributed by atoms with Gasteiger partial charge in [-0.15, -0.1) is 13.2 Å². The lowest BCUT2D eigenvalue weighted by Crippen LogP contribution is -2.44. The first-order chi connectivity index (χ1) is 12.2. The van der Waals surface area contributed by atoms with E-state index in [1.807, 2.05) is 0 Å². The molecule has 0 unspecified atom stereocenters. The summed E-state index contributed by atoms with van der Waals surface area (Å²) < 4.78 is 40.0. The van der Waals surface area contributed by atoms with Crippen LogP contribution >= 0.6 is 0 Å². The fourth-order valence-electron chi connectivity index (χ4n) is 2.90. The summed E-state index contributed by atoms with van der Waals surface area (Å²) in [7, 11) is 0. The molecule has 0 atom stereocenters. The zero-order valence-electron chi connectivity index (χ0n) is 14.0. The topological polar surface area (TPSA) is 87.7 Å². The summed E-state index contributed by atoms with van der Waals surface area (Å²) in [5.41, 5.74) is 0.766. The number of hydrogen-bond acceptors (Lipinski definition) is 3. The maximum atomic E-state index is 12.1. The monoisotopic (exact) mass is 374 g/mol. The summed E-state index contributed by atoms with van der Waals surface area (Å²) in [5.74, 6) is -1.41. The first-order valence-corrected chi connectivity index (χ1v) is 8.35. The summed E-state index contributed by atoms with van der Waals surface area (Å²) >= 11 is 0. The van der Waals surface area contributed by atoms with Gasteiger partial charge in [0, 0.05) is 12.6 Å². The fraction of sp³-hybridized carbons (Fsp3) is 0.529. The molecule has 1 fully saturated rings. The Morgan fingerprint density at radius 3 is 2.27 bits per heavy atom. The van der Waals surface area contributed by atoms with Crippen LogP contribution in [-0.4, -0.2) is 36.1 Å². The number of halogens is 3. The van der Waals surface area contributed by atoms with Crippen molar-refractivity contribution in [2.45, 2.75) is 44.5 Å². The van der Waals surface area contributed by atoms with Gasteiger partial charge in [-0.3, -0.25) is 4.79 Å². The van der Waals surface area contributed by atoms with Gasteiger partial charge in [-0.05, 0) is 49.8 Å². The predicted molar refractivity (Wildman–Crippen MR) is 86.7 cm³/mol. The summed E-state index contributed by atoms with van der Waals surface area (Å²) in [6.45, 7) is 0.329. The second-order valence-electron chi connectivity index (χ2n) is 6.23. The molecule has 0 radical (unpaired) electrons. The highest BCUT2D eigenvalue weighted by Crippen LogP contribution is 2.24. The smallest absolute Gasteiger partial charge is 0.481 e. The second kappa shape index (κ2) is 8.77. The van der Waals surface area contributed by atoms with Crippen LogP contribution in [-0.2, 0) is 11.2 Å². The molecule has 1 saturated carbocycles. The Balaban J connectivity index is 1.66. The van der Waals surface area contributed by atoms with Crippen LogP contribution in [0.1, 0.15) is 31.2 Å². The molecule has 0 heterocycles. The van der Waals surface area contributed by atoms with Crippen LogP contribution in [0, 0.1) is 5.92 Å². The summed E-state index contributed by atoms with van der Waals surface area (Å²) in [6.07, 6.45) is -1.90. The van der Waals surface area contributed by atoms with Crippen molar-refractivity contribution < 1.29 is 32.6 Å². The fourth-order valence-corrected chi connectivity index (χ4v) is 2.90. The van der Waals surface area contributed by atoms with Crippen LogP contribution < -0.4 is 15.4 Å². The zero-order valence-corrected chi connectivity index (χ0v) is 14.0. The Bertz CT molecular complexity index is 611. The third kappa shape index (κ3) is 6.81. The van der Waals surface area contributed by atoms with Crippen molar-refractivity contribution in [3.63, 3.8) is 0 Å². The van der Waals surface area contributed by atoms with Crippen molar-refractivity contribution in [1.82, 2.24) is 10.6 Å². The normalized spacial score (nSPS) is 20.3. The van der Waals surface area contributed by atoms with Gasteiger partial charge in [0.2, 0.25) is 0 Å². The molecule has 0 spiro atoms. The van der Waals surface area contributed by atoms with E-state index in [4.69, 9.17) is 5.11 Å². The molecule has 1 aliphatic rings. The molecule has 0 aliphatic heterocycles. The largest absolute Gasteiger partial charge is 0.573 e. The number of carboxylic acid groups (broad SMARTS) is 1. The average molecular weight is 374 g/mol. The van der Waals surface area contributed by atoms with Gasteiger partial charge < -0.3 is 20.5 Å². The molecule has 0 saturated heterocycles. The Morgan fingerprint density at radius 2 is 1.73 bits per heavy atom. The van der Waals surface area contributed by atoms with Crippen LogP contribution in [0.2, 0.25) is 0 Å². The van der Waals surface area contributed by atoms with Gasteiger partial charge in [-0.25, -0.2) is 4.79 Å². The third-order valence-corrected chi connectivity index (χ3v) is 4.27. The van der Waals surface area contributed by atoms with Crippen molar-refractivity contribution in [3.8, 4) is 5.75 Å². The van der Waals surface area contributed by atoms with E-state index < -0.39 is 12.3 Å². The maximum Gasteiger partial charge on any atom is 0.573 e. The molecule has 3 N–H and O–H groups in total. The molecule has 144 valence electrons. The van der Waals surface area contributed by atoms with Crippen molar-refractivity contribution in [3.05, 3.63) is 29.8 Å². The van der Waals surface area contributed by atoms with Crippen LogP contribution in [0.25, 0.3) is 0 Å². The van der Waals surface area contributed by atoms with Crippen LogP contribution in [0.3, 0.4) is 0 Å². The van der Waals surface area contributed by atoms with Gasteiger partial charge in [0.25, 0.3) is 0 Å². The van der Waals surface area contributed by atoms with E-state index in [-0.39, 0.29) is 23.7 Å². The van der Waals surface area contributed by atoms with E-state index in [0.717, 1.165) is 5.56 Å². The summed E-state index contributed by atoms with van der Waals surface area (Å²) in [4.78, 5) is 22.7. The number of hydrogen-bond donors (Lipinski definition) is 3. The Labute approximate surface area is 148 Å². The Kier molecular flexibility index (Phi) is 6.70. The molecule has 2 amide bonds. The zero-order chi connectivity index (χ0) is 19.2. The lowest BCUT2D eigenvalue weighted by molar-refractivity contribution is -0.274. The van der Waals surface area contributed by atoms with Gasteiger partial charge in [0.15, 0.2) is 0 Å². The lowest BCUT2D eigenvalue weighted by Gasteiger charge is -2.26. The van der Waals surface area contributed by atoms with Gasteiger partial charge in [-0.2, -0.15) is 0 Å². The Hall–Kier alpha value is -2.45. The maximum absolute atomic E-state index is 12.1. The van der Waals surface area contributed by atoms with Crippen molar-refractivity contribution in [2.24, 2.45) is 5.92 Å². The molecule has 26 heavy (non-hydrogen) atoms. The highest BCUT2D eigenvalue weighted by molar-refractivity contribution is 5.74. The van der Waals surface area contributed by atoms with Gasteiger partial charge in [-0.1, -0.05) is 12.1 Å². The minimum absolute atomic E-state index is 0.0376. The number of carbonyl (C=O) groups excluding carboxylic acids is 1. The average Bonchev–Trinajstić information content (AvgIpc) is 2.55. The van der Waals surface area contributed by atoms with Gasteiger partial charge in [0.1, 0.15) is 5.75 Å². The predicted octanol–water partition coefficient (Wildman–Crippen LogP) is 3.07. The number of carbonyl (C=O) groups is 2. The number of rotatable bonds is 6. The van der Waals surface area contributed by atoms with E-state index in [2.05, 4.69) is 15.4 Å². The lowest BCUT2D eigenvalue weighted by atomic mass is 9.86. The van der Waals surface area contributed by atoms with E-state index >= 15 is 0 Å². The molecular formula is C17H21F3N2O4. The SMILES string of the molecule is O=C(NCCc1ccc(OC(F)(F)F)cc1)NC1CCC(C(=O)O)CC1. The molecule has 1 aromatic rings. The highest BCUT2D eigenvalue weighted by atomic mass is 19.4. The molecule has 1 aliphatic carbocycles. The number of urea groups is 1. The molecule has 9 heteroatoms. The second-order valence-corrected chi connectivity index (χ2v) is 6.23. The number of carboxylic acids is 1. The van der Waals surface area contributed by atoms with Crippen molar-refractivity contribution in [2.75, 3.05) is 6.54 Å². The van der Waals surface area contributed by atoms with E-state index in [9.17, 15) is 22.8 Å². The van der Waals surface area contributed by atoms with Gasteiger partial charge in [0.05, 0.1) is 5.92 Å². The number of ether oxygens (including phenoxy) is 1. The minimum Gasteiger partial charge on any atom is -0.481 e. The van der Waals surface area contributed by atoms with E-state index in [1.54, 1.807) is 0 Å². The van der Waals surface area contributed by atoms with Crippen LogP contribution in [0.5, 0.6) is 5.75 Å². The first kappa shape index (κ1) is 19.9. The first-order valence-electron chi connectivity index (χ1n) is 8.35. The van der Waals surface area contributed by atoms with Crippen molar-refractivity contribution >= 4 is 12.0 Å². The number of benzene rings is 1. The number of alkyl halides is 3. The minimum atomic E-state index is -4.72. The third-order valence-electron chi connectivity index (χ3n) is 4.27. The van der Waals surface area contributed by atoms with Crippen molar-refractivity contribution in [1.29, 1.82) is 0 Å². The van der Waals surface area contributed by atoms with E-state index in [0.29, 0.717) is 38.6 Å². The number of aliphatic carboxylic acids is 1.